The fourth-order valence-electron chi connectivity index (χ4n) is 0.772. The number of nitrogens with zero attached hydrogens (tertiary/aromatic N) is 1. The Kier molecular flexibility index (Phi) is 2.37. The van der Waals surface area contributed by atoms with Crippen molar-refractivity contribution in [3.63, 3.8) is 0 Å². The number of aliphatic hydroxyl groups excluding tert-OH is 1. The molecule has 0 unspecified atom stereocenters. The molecule has 1 aromatic heterocycles. The molecule has 0 bridgehead atoms. The van der Waals surface area contributed by atoms with Gasteiger partial charge >= 0.3 is 6.98 Å². The lowest BCUT2D eigenvalue weighted by Gasteiger charge is -2.13. The Balaban J connectivity index is 3.02. The van der Waals surface area contributed by atoms with Gasteiger partial charge < -0.3 is 18.1 Å². The van der Waals surface area contributed by atoms with Gasteiger partial charge in [0.25, 0.3) is 0 Å². The van der Waals surface area contributed by atoms with Gasteiger partial charge in [-0.1, -0.05) is 6.07 Å². The maximum absolute atomic E-state index is 12.0. The first-order valence-electron chi connectivity index (χ1n) is 3.29. The minimum absolute atomic E-state index is 0.221. The summed E-state index contributed by atoms with van der Waals surface area (Å²) in [5.41, 5.74) is -0.694. The topological polar surface area (TPSA) is 33.1 Å². The van der Waals surface area contributed by atoms with Gasteiger partial charge in [-0.3, -0.25) is 4.98 Å². The van der Waals surface area contributed by atoms with Crippen molar-refractivity contribution in [2.24, 2.45) is 0 Å². The Labute approximate surface area is 67.1 Å². The highest BCUT2D eigenvalue weighted by Gasteiger charge is 2.27. The predicted octanol–water partition coefficient (Wildman–Crippen LogP) is 0.628. The van der Waals surface area contributed by atoms with Crippen molar-refractivity contribution >= 4 is 12.6 Å². The van der Waals surface area contributed by atoms with Crippen LogP contribution >= 0.6 is 0 Å². The van der Waals surface area contributed by atoms with Crippen molar-refractivity contribution in [3.05, 3.63) is 23.9 Å². The van der Waals surface area contributed by atoms with E-state index in [2.05, 4.69) is 4.98 Å². The highest BCUT2D eigenvalue weighted by molar-refractivity contribution is 6.72. The molecule has 1 N–H and O–H groups in total. The number of hydrogen-bond acceptors (Lipinski definition) is 2. The molecule has 2 nitrogen and oxygen atoms in total. The normalized spacial score (nSPS) is 11.7. The summed E-state index contributed by atoms with van der Waals surface area (Å²) >= 11 is 0. The van der Waals surface area contributed by atoms with Crippen LogP contribution < -0.4 is 5.59 Å². The molecule has 1 heterocycles. The van der Waals surface area contributed by atoms with E-state index in [1.165, 1.54) is 6.07 Å². The molecule has 1 aromatic rings. The van der Waals surface area contributed by atoms with E-state index < -0.39 is 19.2 Å². The van der Waals surface area contributed by atoms with Gasteiger partial charge in [-0.25, -0.2) is 0 Å². The number of aromatic nitrogens is 1. The summed E-state index contributed by atoms with van der Waals surface area (Å²) in [5, 5.41) is 8.54. The SMILES string of the molecule is OCc1ccnc([B-](F)(F)F)c1. The second-order valence-corrected chi connectivity index (χ2v) is 2.32. The van der Waals surface area contributed by atoms with Crippen LogP contribution in [-0.2, 0) is 6.61 Å². The predicted molar refractivity (Wildman–Crippen MR) is 38.9 cm³/mol. The first-order valence-corrected chi connectivity index (χ1v) is 3.29. The van der Waals surface area contributed by atoms with Crippen LogP contribution in [0.3, 0.4) is 0 Å². The molecule has 0 saturated heterocycles. The second-order valence-electron chi connectivity index (χ2n) is 2.32. The lowest BCUT2D eigenvalue weighted by Crippen LogP contribution is -2.36. The highest BCUT2D eigenvalue weighted by Crippen LogP contribution is 2.07. The molecule has 0 aliphatic heterocycles. The highest BCUT2D eigenvalue weighted by atomic mass is 19.4. The van der Waals surface area contributed by atoms with Gasteiger partial charge in [0.2, 0.25) is 0 Å². The Morgan fingerprint density at radius 3 is 2.58 bits per heavy atom. The monoisotopic (exact) mass is 176 g/mol. The first kappa shape index (κ1) is 9.06. The zero-order chi connectivity index (χ0) is 9.19. The minimum atomic E-state index is -5.05. The average molecular weight is 176 g/mol. The number of rotatable bonds is 2. The molecule has 0 aromatic carbocycles. The van der Waals surface area contributed by atoms with E-state index in [0.717, 1.165) is 12.3 Å². The van der Waals surface area contributed by atoms with Crippen LogP contribution in [0.2, 0.25) is 0 Å². The maximum Gasteiger partial charge on any atom is 0.527 e. The summed E-state index contributed by atoms with van der Waals surface area (Å²) in [4.78, 5) is 3.15. The third-order valence-corrected chi connectivity index (χ3v) is 1.36. The standard InChI is InChI=1S/C6H6BF3NO/c8-7(9,10)6-3-5(4-12)1-2-11-6/h1-3,12H,4H2/q-1. The largest absolute Gasteiger partial charge is 0.527 e. The van der Waals surface area contributed by atoms with Crippen molar-refractivity contribution in [1.82, 2.24) is 4.98 Å². The third-order valence-electron chi connectivity index (χ3n) is 1.36. The number of pyridine rings is 1. The van der Waals surface area contributed by atoms with E-state index >= 15 is 0 Å². The fraction of sp³-hybridized carbons (Fsp3) is 0.167. The van der Waals surface area contributed by atoms with Crippen molar-refractivity contribution in [3.8, 4) is 0 Å². The van der Waals surface area contributed by atoms with Gasteiger partial charge in [-0.15, -0.1) is 0 Å². The van der Waals surface area contributed by atoms with Crippen molar-refractivity contribution in [1.29, 1.82) is 0 Å². The van der Waals surface area contributed by atoms with E-state index in [1.54, 1.807) is 0 Å². The van der Waals surface area contributed by atoms with Crippen LogP contribution in [0.15, 0.2) is 18.3 Å². The van der Waals surface area contributed by atoms with Crippen LogP contribution in [0.5, 0.6) is 0 Å². The van der Waals surface area contributed by atoms with E-state index in [0.29, 0.717) is 0 Å². The summed E-state index contributed by atoms with van der Waals surface area (Å²) < 4.78 is 36.1. The number of hydrogen-bond donors (Lipinski definition) is 1. The fourth-order valence-corrected chi connectivity index (χ4v) is 0.772. The number of aliphatic hydroxyl groups is 1. The van der Waals surface area contributed by atoms with Crippen LogP contribution in [-0.4, -0.2) is 17.1 Å². The molecule has 6 heteroatoms. The molecule has 0 radical (unpaired) electrons. The van der Waals surface area contributed by atoms with Crippen molar-refractivity contribution < 1.29 is 18.1 Å². The zero-order valence-corrected chi connectivity index (χ0v) is 6.04. The smallest absolute Gasteiger partial charge is 0.444 e. The van der Waals surface area contributed by atoms with Gasteiger partial charge in [0.1, 0.15) is 0 Å². The first-order chi connectivity index (χ1) is 5.54. The third kappa shape index (κ3) is 1.98. The summed E-state index contributed by atoms with van der Waals surface area (Å²) in [7, 11) is 0. The molecule has 0 aliphatic carbocycles. The van der Waals surface area contributed by atoms with E-state index in [-0.39, 0.29) is 5.56 Å². The van der Waals surface area contributed by atoms with Crippen molar-refractivity contribution in [2.75, 3.05) is 0 Å². The summed E-state index contributed by atoms with van der Waals surface area (Å²) in [6.07, 6.45) is 1.04. The molecular weight excluding hydrogens is 170 g/mol. The molecule has 0 amide bonds. The second kappa shape index (κ2) is 3.14. The Hall–Kier alpha value is -1.04. The minimum Gasteiger partial charge on any atom is -0.444 e. The molecule has 0 aliphatic rings. The molecule has 0 spiro atoms. The Bertz CT molecular complexity index is 276. The molecule has 12 heavy (non-hydrogen) atoms. The molecule has 1 rings (SSSR count). The molecular formula is C6H6BF3NO-. The molecule has 0 atom stereocenters. The van der Waals surface area contributed by atoms with Crippen LogP contribution in [0.1, 0.15) is 5.56 Å². The van der Waals surface area contributed by atoms with E-state index in [9.17, 15) is 12.9 Å². The molecule has 0 saturated carbocycles. The lowest BCUT2D eigenvalue weighted by atomic mass is 9.85. The Morgan fingerprint density at radius 1 is 1.42 bits per heavy atom. The molecule has 0 fully saturated rings. The zero-order valence-electron chi connectivity index (χ0n) is 6.04. The van der Waals surface area contributed by atoms with E-state index in [1.807, 2.05) is 0 Å². The van der Waals surface area contributed by atoms with Crippen LogP contribution in [0, 0.1) is 0 Å². The Morgan fingerprint density at radius 2 is 2.08 bits per heavy atom. The lowest BCUT2D eigenvalue weighted by molar-refractivity contribution is 0.282. The maximum atomic E-state index is 12.0. The summed E-state index contributed by atoms with van der Waals surface area (Å²) in [6.45, 7) is -5.45. The van der Waals surface area contributed by atoms with Gasteiger partial charge in [-0.05, 0) is 17.2 Å². The van der Waals surface area contributed by atoms with Gasteiger partial charge in [0.15, 0.2) is 0 Å². The number of halogens is 3. The molecule has 66 valence electrons. The van der Waals surface area contributed by atoms with Crippen molar-refractivity contribution in [2.45, 2.75) is 6.61 Å². The van der Waals surface area contributed by atoms with Crippen LogP contribution in [0.4, 0.5) is 12.9 Å². The average Bonchev–Trinajstić information content (AvgIpc) is 2.03. The summed E-state index contributed by atoms with van der Waals surface area (Å²) in [6, 6.07) is 2.19. The van der Waals surface area contributed by atoms with Gasteiger partial charge in [-0.2, -0.15) is 0 Å². The van der Waals surface area contributed by atoms with Gasteiger partial charge in [0.05, 0.1) is 6.61 Å². The quantitative estimate of drug-likeness (QED) is 0.670. The van der Waals surface area contributed by atoms with Gasteiger partial charge in [0, 0.05) is 6.20 Å². The van der Waals surface area contributed by atoms with E-state index in [4.69, 9.17) is 5.11 Å². The van der Waals surface area contributed by atoms with Crippen LogP contribution in [0.25, 0.3) is 0 Å². The summed E-state index contributed by atoms with van der Waals surface area (Å²) in [5.74, 6) is 0.